The molecule has 2 amide bonds. The van der Waals surface area contributed by atoms with E-state index in [0.717, 1.165) is 15.8 Å². The molecule has 2 aromatic carbocycles. The van der Waals surface area contributed by atoms with E-state index >= 15 is 0 Å². The lowest BCUT2D eigenvalue weighted by Gasteiger charge is -2.06. The Labute approximate surface area is 153 Å². The number of hydrogen-bond acceptors (Lipinski definition) is 4. The van der Waals surface area contributed by atoms with E-state index in [-0.39, 0.29) is 17.4 Å². The Hall–Kier alpha value is -2.44. The smallest absolute Gasteiger partial charge is 0.305 e. The molecular weight excluding hydrogens is 360 g/mol. The topological polar surface area (TPSA) is 71.3 Å². The second kappa shape index (κ2) is 7.63. The summed E-state index contributed by atoms with van der Waals surface area (Å²) in [4.78, 5) is 25.0. The van der Waals surface area contributed by atoms with Crippen LogP contribution in [-0.4, -0.2) is 17.6 Å². The van der Waals surface area contributed by atoms with Gasteiger partial charge in [-0.3, -0.25) is 20.4 Å². The highest BCUT2D eigenvalue weighted by atomic mass is 35.5. The number of furan rings is 1. The van der Waals surface area contributed by atoms with Gasteiger partial charge in [0.2, 0.25) is 5.91 Å². The highest BCUT2D eigenvalue weighted by Crippen LogP contribution is 2.24. The molecule has 3 aromatic rings. The van der Waals surface area contributed by atoms with Gasteiger partial charge in [0.25, 0.3) is 0 Å². The summed E-state index contributed by atoms with van der Waals surface area (Å²) < 4.78 is 5.55. The van der Waals surface area contributed by atoms with Crippen molar-refractivity contribution >= 4 is 46.1 Å². The summed E-state index contributed by atoms with van der Waals surface area (Å²) in [5, 5.41) is 1.51. The van der Waals surface area contributed by atoms with Gasteiger partial charge in [-0.15, -0.1) is 11.8 Å². The number of rotatable bonds is 4. The molecule has 0 aliphatic heterocycles. The number of carbonyl (C=O) groups excluding carboxylic acids is 2. The average molecular weight is 375 g/mol. The molecule has 128 valence electrons. The van der Waals surface area contributed by atoms with Crippen LogP contribution >= 0.6 is 23.4 Å². The number of hydrazine groups is 1. The lowest BCUT2D eigenvalue weighted by atomic mass is 10.1. The first kappa shape index (κ1) is 17.4. The number of nitrogens with one attached hydrogen (secondary N) is 2. The second-order valence-electron chi connectivity index (χ2n) is 5.30. The third-order valence-electron chi connectivity index (χ3n) is 3.55. The highest BCUT2D eigenvalue weighted by Gasteiger charge is 2.17. The first-order valence-electron chi connectivity index (χ1n) is 7.50. The monoisotopic (exact) mass is 374 g/mol. The normalized spacial score (nSPS) is 10.6. The fourth-order valence-corrected chi connectivity index (χ4v) is 3.11. The van der Waals surface area contributed by atoms with Crippen LogP contribution in [-0.2, 0) is 4.79 Å². The zero-order valence-electron chi connectivity index (χ0n) is 13.3. The van der Waals surface area contributed by atoms with Gasteiger partial charge < -0.3 is 4.42 Å². The SMILES string of the molecule is Cc1c(C(=O)NNC(=O)CSc2ccc(Cl)cc2)oc2ccccc12. The fourth-order valence-electron chi connectivity index (χ4n) is 2.29. The number of fused-ring (bicyclic) bond motifs is 1. The van der Waals surface area contributed by atoms with Crippen molar-refractivity contribution in [1.82, 2.24) is 10.9 Å². The maximum Gasteiger partial charge on any atom is 0.305 e. The molecule has 0 aliphatic carbocycles. The second-order valence-corrected chi connectivity index (χ2v) is 6.78. The van der Waals surface area contributed by atoms with Crippen molar-refractivity contribution in [1.29, 1.82) is 0 Å². The standard InChI is InChI=1S/C18H15ClN2O3S/c1-11-14-4-2-3-5-15(14)24-17(11)18(23)21-20-16(22)10-25-13-8-6-12(19)7-9-13/h2-9H,10H2,1H3,(H,20,22)(H,21,23). The quantitative estimate of drug-likeness (QED) is 0.536. The number of carbonyl (C=O) groups is 2. The minimum atomic E-state index is -0.487. The summed E-state index contributed by atoms with van der Waals surface area (Å²) in [5.41, 5.74) is 6.14. The molecule has 0 radical (unpaired) electrons. The summed E-state index contributed by atoms with van der Waals surface area (Å²) in [6, 6.07) is 14.6. The Bertz CT molecular complexity index is 922. The molecule has 0 fully saturated rings. The van der Waals surface area contributed by atoms with Crippen molar-refractivity contribution in [2.75, 3.05) is 5.75 Å². The largest absolute Gasteiger partial charge is 0.451 e. The maximum atomic E-state index is 12.2. The van der Waals surface area contributed by atoms with Crippen LogP contribution < -0.4 is 10.9 Å². The van der Waals surface area contributed by atoms with E-state index in [9.17, 15) is 9.59 Å². The number of hydrogen-bond donors (Lipinski definition) is 2. The number of benzene rings is 2. The lowest BCUT2D eigenvalue weighted by Crippen LogP contribution is -2.42. The van der Waals surface area contributed by atoms with Crippen molar-refractivity contribution in [2.24, 2.45) is 0 Å². The van der Waals surface area contributed by atoms with Gasteiger partial charge in [-0.2, -0.15) is 0 Å². The van der Waals surface area contributed by atoms with Crippen LogP contribution in [0.2, 0.25) is 5.02 Å². The summed E-state index contributed by atoms with van der Waals surface area (Å²) in [6.07, 6.45) is 0. The van der Waals surface area contributed by atoms with E-state index in [4.69, 9.17) is 16.0 Å². The minimum Gasteiger partial charge on any atom is -0.451 e. The average Bonchev–Trinajstić information content (AvgIpc) is 2.96. The van der Waals surface area contributed by atoms with Crippen LogP contribution in [0.15, 0.2) is 57.8 Å². The van der Waals surface area contributed by atoms with Gasteiger partial charge in [0.05, 0.1) is 5.75 Å². The Balaban J connectivity index is 1.55. The summed E-state index contributed by atoms with van der Waals surface area (Å²) >= 11 is 7.16. The van der Waals surface area contributed by atoms with Gasteiger partial charge in [-0.1, -0.05) is 29.8 Å². The molecule has 1 heterocycles. The van der Waals surface area contributed by atoms with E-state index in [1.807, 2.05) is 30.3 Å². The summed E-state index contributed by atoms with van der Waals surface area (Å²) in [5.74, 6) is -0.450. The van der Waals surface area contributed by atoms with Gasteiger partial charge in [-0.25, -0.2) is 0 Å². The molecule has 0 unspecified atom stereocenters. The minimum absolute atomic E-state index is 0.168. The fraction of sp³-hybridized carbons (Fsp3) is 0.111. The molecule has 0 bridgehead atoms. The molecule has 2 N–H and O–H groups in total. The van der Waals surface area contributed by atoms with Gasteiger partial charge in [0.1, 0.15) is 5.58 Å². The van der Waals surface area contributed by atoms with Crippen LogP contribution in [0.5, 0.6) is 0 Å². The number of amides is 2. The maximum absolute atomic E-state index is 12.2. The molecule has 5 nitrogen and oxygen atoms in total. The van der Waals surface area contributed by atoms with E-state index in [2.05, 4.69) is 10.9 Å². The van der Waals surface area contributed by atoms with E-state index in [1.165, 1.54) is 11.8 Å². The summed E-state index contributed by atoms with van der Waals surface area (Å²) in [7, 11) is 0. The highest BCUT2D eigenvalue weighted by molar-refractivity contribution is 8.00. The molecule has 7 heteroatoms. The Morgan fingerprint density at radius 1 is 1.08 bits per heavy atom. The van der Waals surface area contributed by atoms with Crippen molar-refractivity contribution in [3.05, 3.63) is 64.9 Å². The van der Waals surface area contributed by atoms with Gasteiger partial charge in [0.15, 0.2) is 5.76 Å². The molecule has 25 heavy (non-hydrogen) atoms. The van der Waals surface area contributed by atoms with Crippen molar-refractivity contribution in [3.8, 4) is 0 Å². The van der Waals surface area contributed by atoms with Crippen LogP contribution in [0.1, 0.15) is 16.1 Å². The third kappa shape index (κ3) is 4.15. The Morgan fingerprint density at radius 3 is 2.52 bits per heavy atom. The zero-order valence-corrected chi connectivity index (χ0v) is 14.9. The summed E-state index contributed by atoms with van der Waals surface area (Å²) in [6.45, 7) is 1.80. The van der Waals surface area contributed by atoms with Crippen LogP contribution in [0.4, 0.5) is 0 Å². The molecular formula is C18H15ClN2O3S. The molecule has 3 rings (SSSR count). The van der Waals surface area contributed by atoms with Gasteiger partial charge in [-0.05, 0) is 37.3 Å². The van der Waals surface area contributed by atoms with Crippen LogP contribution in [0.25, 0.3) is 11.0 Å². The number of aryl methyl sites for hydroxylation is 1. The van der Waals surface area contributed by atoms with Gasteiger partial charge in [0, 0.05) is 20.9 Å². The number of halogens is 1. The predicted molar refractivity (Wildman–Crippen MR) is 98.7 cm³/mol. The number of para-hydroxylation sites is 1. The van der Waals surface area contributed by atoms with Crippen LogP contribution in [0.3, 0.4) is 0 Å². The molecule has 0 saturated carbocycles. The Morgan fingerprint density at radius 2 is 1.80 bits per heavy atom. The van der Waals surface area contributed by atoms with Crippen molar-refractivity contribution in [2.45, 2.75) is 11.8 Å². The number of thioether (sulfide) groups is 1. The van der Waals surface area contributed by atoms with E-state index < -0.39 is 5.91 Å². The van der Waals surface area contributed by atoms with Crippen molar-refractivity contribution < 1.29 is 14.0 Å². The molecule has 0 spiro atoms. The predicted octanol–water partition coefficient (Wildman–Crippen LogP) is 3.95. The first-order valence-corrected chi connectivity index (χ1v) is 8.86. The Kier molecular flexibility index (Phi) is 5.31. The van der Waals surface area contributed by atoms with Gasteiger partial charge >= 0.3 is 5.91 Å². The van der Waals surface area contributed by atoms with E-state index in [0.29, 0.717) is 10.6 Å². The first-order chi connectivity index (χ1) is 12.0. The molecule has 1 aromatic heterocycles. The lowest BCUT2D eigenvalue weighted by molar-refractivity contribution is -0.119. The molecule has 0 aliphatic rings. The third-order valence-corrected chi connectivity index (χ3v) is 4.81. The zero-order chi connectivity index (χ0) is 17.8. The molecule has 0 atom stereocenters. The van der Waals surface area contributed by atoms with Crippen molar-refractivity contribution in [3.63, 3.8) is 0 Å². The molecule has 0 saturated heterocycles. The van der Waals surface area contributed by atoms with Crippen LogP contribution in [0, 0.1) is 6.92 Å². The van der Waals surface area contributed by atoms with E-state index in [1.54, 1.807) is 25.1 Å².